The van der Waals surface area contributed by atoms with Crippen LogP contribution in [0.2, 0.25) is 0 Å². The fourth-order valence-corrected chi connectivity index (χ4v) is 3.05. The third-order valence-electron chi connectivity index (χ3n) is 5.07. The molecule has 1 N–H and O–H groups in total. The van der Waals surface area contributed by atoms with Crippen LogP contribution in [0.25, 0.3) is 0 Å². The first-order chi connectivity index (χ1) is 17.2. The van der Waals surface area contributed by atoms with Crippen LogP contribution in [0, 0.1) is 34.1 Å². The Morgan fingerprint density at radius 3 is 2.42 bits per heavy atom. The topological polar surface area (TPSA) is 155 Å². The first-order valence-corrected chi connectivity index (χ1v) is 10.5. The molecule has 0 spiro atoms. The number of nitro benzene ring substituents is 2. The van der Waals surface area contributed by atoms with Crippen molar-refractivity contribution in [3.8, 4) is 23.0 Å². The molecule has 0 unspecified atom stereocenters. The molecule has 0 atom stereocenters. The van der Waals surface area contributed by atoms with Gasteiger partial charge in [-0.1, -0.05) is 12.1 Å². The number of aryl methyl sites for hydroxylation is 1. The quantitative estimate of drug-likeness (QED) is 0.246. The number of benzene rings is 3. The highest BCUT2D eigenvalue weighted by Crippen LogP contribution is 2.38. The van der Waals surface area contributed by atoms with E-state index in [1.54, 1.807) is 12.1 Å². The number of nitrogens with one attached hydrogen (secondary N) is 1. The number of non-ortho nitro benzene ring substituents is 1. The Balaban J connectivity index is 1.66. The summed E-state index contributed by atoms with van der Waals surface area (Å²) in [5, 5.41) is 26.1. The van der Waals surface area contributed by atoms with Gasteiger partial charge in [0.2, 0.25) is 5.75 Å². The highest BCUT2D eigenvalue weighted by atomic mass is 16.6. The molecule has 0 aliphatic heterocycles. The molecule has 0 radical (unpaired) electrons. The summed E-state index contributed by atoms with van der Waals surface area (Å²) in [4.78, 5) is 32.8. The minimum atomic E-state index is -0.775. The molecule has 0 heterocycles. The summed E-state index contributed by atoms with van der Waals surface area (Å²) in [5.74, 6) is 0.322. The molecule has 186 valence electrons. The summed E-state index contributed by atoms with van der Waals surface area (Å²) in [5.41, 5.74) is 3.90. The van der Waals surface area contributed by atoms with Crippen LogP contribution in [0.1, 0.15) is 16.7 Å². The highest BCUT2D eigenvalue weighted by Gasteiger charge is 2.22. The fraction of sp³-hybridized carbons (Fsp3) is 0.167. The predicted molar refractivity (Wildman–Crippen MR) is 130 cm³/mol. The second-order valence-corrected chi connectivity index (χ2v) is 7.46. The zero-order chi connectivity index (χ0) is 26.2. The van der Waals surface area contributed by atoms with Gasteiger partial charge in [0, 0.05) is 6.07 Å². The molecule has 12 heteroatoms. The maximum absolute atomic E-state index is 12.0. The van der Waals surface area contributed by atoms with Gasteiger partial charge in [0.15, 0.2) is 18.1 Å². The monoisotopic (exact) mass is 494 g/mol. The van der Waals surface area contributed by atoms with Gasteiger partial charge in [-0.3, -0.25) is 25.0 Å². The van der Waals surface area contributed by atoms with Gasteiger partial charge in [0.1, 0.15) is 5.75 Å². The van der Waals surface area contributed by atoms with Crippen molar-refractivity contribution in [1.29, 1.82) is 0 Å². The zero-order valence-corrected chi connectivity index (χ0v) is 19.6. The average Bonchev–Trinajstić information content (AvgIpc) is 2.85. The standard InChI is InChI=1S/C24H22N4O8/c1-15-5-4-6-20(16(15)2)35-14-24(29)26-25-13-17-7-9-22(23(11-17)34-3)36-21-10-8-18(27(30)31)12-19(21)28(32)33/h4-13H,14H2,1-3H3,(H,26,29)/b25-13+. The van der Waals surface area contributed by atoms with E-state index in [0.717, 1.165) is 29.3 Å². The fourth-order valence-electron chi connectivity index (χ4n) is 3.05. The third kappa shape index (κ3) is 6.32. The van der Waals surface area contributed by atoms with Crippen molar-refractivity contribution in [2.45, 2.75) is 13.8 Å². The smallest absolute Gasteiger partial charge is 0.318 e. The molecule has 1 amide bonds. The number of carbonyl (C=O) groups excluding carboxylic acids is 1. The van der Waals surface area contributed by atoms with Gasteiger partial charge < -0.3 is 14.2 Å². The lowest BCUT2D eigenvalue weighted by molar-refractivity contribution is -0.394. The lowest BCUT2D eigenvalue weighted by Crippen LogP contribution is -2.24. The van der Waals surface area contributed by atoms with Gasteiger partial charge in [0.05, 0.1) is 29.2 Å². The zero-order valence-electron chi connectivity index (χ0n) is 19.6. The average molecular weight is 494 g/mol. The maximum atomic E-state index is 12.0. The Morgan fingerprint density at radius 1 is 0.972 bits per heavy atom. The Kier molecular flexibility index (Phi) is 8.13. The van der Waals surface area contributed by atoms with Crippen LogP contribution in [0.15, 0.2) is 59.7 Å². The minimum Gasteiger partial charge on any atom is -0.493 e. The van der Waals surface area contributed by atoms with Crippen LogP contribution in [0.5, 0.6) is 23.0 Å². The molecule has 0 saturated carbocycles. The van der Waals surface area contributed by atoms with Crippen molar-refractivity contribution in [1.82, 2.24) is 5.43 Å². The molecule has 0 aliphatic carbocycles. The molecule has 3 aromatic rings. The molecule has 0 aromatic heterocycles. The van der Waals surface area contributed by atoms with Gasteiger partial charge in [-0.2, -0.15) is 5.10 Å². The van der Waals surface area contributed by atoms with E-state index >= 15 is 0 Å². The van der Waals surface area contributed by atoms with Crippen molar-refractivity contribution >= 4 is 23.5 Å². The number of carbonyl (C=O) groups is 1. The third-order valence-corrected chi connectivity index (χ3v) is 5.07. The molecular formula is C24H22N4O8. The molecule has 0 fully saturated rings. The number of hydrogen-bond donors (Lipinski definition) is 1. The van der Waals surface area contributed by atoms with E-state index in [1.807, 2.05) is 26.0 Å². The Bertz CT molecular complexity index is 1340. The Morgan fingerprint density at radius 2 is 1.72 bits per heavy atom. The number of methoxy groups -OCH3 is 1. The van der Waals surface area contributed by atoms with Crippen molar-refractivity contribution in [2.75, 3.05) is 13.7 Å². The van der Waals surface area contributed by atoms with Crippen molar-refractivity contribution < 1.29 is 28.9 Å². The van der Waals surface area contributed by atoms with E-state index in [0.29, 0.717) is 11.3 Å². The van der Waals surface area contributed by atoms with E-state index in [1.165, 1.54) is 25.5 Å². The van der Waals surface area contributed by atoms with E-state index < -0.39 is 27.1 Å². The lowest BCUT2D eigenvalue weighted by atomic mass is 10.1. The maximum Gasteiger partial charge on any atom is 0.318 e. The van der Waals surface area contributed by atoms with E-state index in [9.17, 15) is 25.0 Å². The summed E-state index contributed by atoms with van der Waals surface area (Å²) < 4.78 is 16.4. The van der Waals surface area contributed by atoms with Crippen LogP contribution < -0.4 is 19.6 Å². The number of nitro groups is 2. The van der Waals surface area contributed by atoms with Crippen molar-refractivity contribution in [2.24, 2.45) is 5.10 Å². The summed E-state index contributed by atoms with van der Waals surface area (Å²) in [6.07, 6.45) is 1.37. The van der Waals surface area contributed by atoms with Crippen molar-refractivity contribution in [3.63, 3.8) is 0 Å². The lowest BCUT2D eigenvalue weighted by Gasteiger charge is -2.11. The van der Waals surface area contributed by atoms with Gasteiger partial charge in [0.25, 0.3) is 11.6 Å². The molecule has 0 aliphatic rings. The van der Waals surface area contributed by atoms with Crippen LogP contribution in [-0.4, -0.2) is 35.7 Å². The van der Waals surface area contributed by atoms with Crippen LogP contribution in [-0.2, 0) is 4.79 Å². The summed E-state index contributed by atoms with van der Waals surface area (Å²) in [6, 6.07) is 13.2. The number of amides is 1. The molecule has 0 bridgehead atoms. The number of hydrogen-bond acceptors (Lipinski definition) is 9. The van der Waals surface area contributed by atoms with Crippen LogP contribution in [0.3, 0.4) is 0 Å². The molecule has 36 heavy (non-hydrogen) atoms. The van der Waals surface area contributed by atoms with E-state index in [-0.39, 0.29) is 23.9 Å². The molecule has 12 nitrogen and oxygen atoms in total. The predicted octanol–water partition coefficient (Wildman–Crippen LogP) is 4.45. The summed E-state index contributed by atoms with van der Waals surface area (Å²) in [7, 11) is 1.37. The number of hydrazone groups is 1. The molecule has 3 rings (SSSR count). The first kappa shape index (κ1) is 25.6. The van der Waals surface area contributed by atoms with Crippen LogP contribution in [0.4, 0.5) is 11.4 Å². The second kappa shape index (κ2) is 11.4. The van der Waals surface area contributed by atoms with E-state index in [4.69, 9.17) is 14.2 Å². The summed E-state index contributed by atoms with van der Waals surface area (Å²) >= 11 is 0. The van der Waals surface area contributed by atoms with Gasteiger partial charge in [-0.25, -0.2) is 5.43 Å². The molecule has 3 aromatic carbocycles. The number of ether oxygens (including phenoxy) is 3. The van der Waals surface area contributed by atoms with E-state index in [2.05, 4.69) is 10.5 Å². The highest BCUT2D eigenvalue weighted by molar-refractivity contribution is 5.83. The van der Waals surface area contributed by atoms with Crippen LogP contribution >= 0.6 is 0 Å². The number of rotatable bonds is 10. The van der Waals surface area contributed by atoms with Gasteiger partial charge >= 0.3 is 5.69 Å². The molecular weight excluding hydrogens is 472 g/mol. The normalized spacial score (nSPS) is 10.6. The minimum absolute atomic E-state index is 0.137. The van der Waals surface area contributed by atoms with Gasteiger partial charge in [-0.15, -0.1) is 0 Å². The second-order valence-electron chi connectivity index (χ2n) is 7.46. The molecule has 0 saturated heterocycles. The first-order valence-electron chi connectivity index (χ1n) is 10.5. The van der Waals surface area contributed by atoms with Crippen molar-refractivity contribution in [3.05, 3.63) is 91.5 Å². The number of nitrogens with zero attached hydrogens (tertiary/aromatic N) is 3. The van der Waals surface area contributed by atoms with Gasteiger partial charge in [-0.05, 0) is 60.9 Å². The summed E-state index contributed by atoms with van der Waals surface area (Å²) in [6.45, 7) is 3.64. The SMILES string of the molecule is COc1cc(/C=N/NC(=O)COc2cccc(C)c2C)ccc1Oc1ccc([N+](=O)[O-])cc1[N+](=O)[O-]. The Hall–Kier alpha value is -5.00. The largest absolute Gasteiger partial charge is 0.493 e. The Labute approximate surface area is 205 Å².